The molecule has 2 atom stereocenters. The van der Waals surface area contributed by atoms with E-state index in [9.17, 15) is 0 Å². The second-order valence-electron chi connectivity index (χ2n) is 3.70. The van der Waals surface area contributed by atoms with E-state index in [0.29, 0.717) is 17.2 Å². The van der Waals surface area contributed by atoms with Crippen molar-refractivity contribution in [2.45, 2.75) is 32.9 Å². The van der Waals surface area contributed by atoms with Crippen molar-refractivity contribution < 1.29 is 14.0 Å². The molecule has 0 aliphatic carbocycles. The van der Waals surface area contributed by atoms with Crippen molar-refractivity contribution in [1.29, 1.82) is 0 Å². The number of rotatable bonds is 0. The van der Waals surface area contributed by atoms with Crippen LogP contribution >= 0.6 is 19.5 Å². The van der Waals surface area contributed by atoms with E-state index in [1.807, 2.05) is 13.0 Å². The molecule has 2 heterocycles. The highest BCUT2D eigenvalue weighted by molar-refractivity contribution is 7.23. The maximum atomic E-state index is 8.59. The number of hydrogen-bond donors (Lipinski definition) is 1. The maximum absolute atomic E-state index is 8.59. The quantitative estimate of drug-likeness (QED) is 0.543. The van der Waals surface area contributed by atoms with E-state index in [-0.39, 0.29) is 0 Å². The molecule has 0 saturated carbocycles. The molecule has 0 spiro atoms. The molecule has 6 nitrogen and oxygen atoms in total. The van der Waals surface area contributed by atoms with E-state index in [1.165, 1.54) is 0 Å². The molecule has 17 heavy (non-hydrogen) atoms. The number of fused-ring (bicyclic) bond motifs is 1. The first kappa shape index (κ1) is 14.1. The van der Waals surface area contributed by atoms with E-state index in [2.05, 4.69) is 28.7 Å². The largest absolute Gasteiger partial charge is 0.465 e. The van der Waals surface area contributed by atoms with Gasteiger partial charge in [0.25, 0.3) is 0 Å². The molecule has 0 bridgehead atoms. The zero-order valence-electron chi connectivity index (χ0n) is 9.66. The van der Waals surface area contributed by atoms with Gasteiger partial charge in [-0.05, 0) is 20.8 Å². The van der Waals surface area contributed by atoms with Gasteiger partial charge in [0.05, 0.1) is 12.1 Å². The van der Waals surface area contributed by atoms with Crippen molar-refractivity contribution in [2.24, 2.45) is 9.98 Å². The number of amidine groups is 2. The van der Waals surface area contributed by atoms with E-state index in [4.69, 9.17) is 25.6 Å². The normalized spacial score (nSPS) is 26.2. The van der Waals surface area contributed by atoms with Crippen molar-refractivity contribution in [3.63, 3.8) is 0 Å². The van der Waals surface area contributed by atoms with Crippen molar-refractivity contribution in [2.75, 3.05) is 0 Å². The van der Waals surface area contributed by atoms with Crippen LogP contribution in [0.25, 0.3) is 0 Å². The van der Waals surface area contributed by atoms with Gasteiger partial charge in [0.1, 0.15) is 16.8 Å². The summed E-state index contributed by atoms with van der Waals surface area (Å²) in [5.74, 6) is 1.88. The van der Waals surface area contributed by atoms with Gasteiger partial charge < -0.3 is 4.90 Å². The molecule has 2 aliphatic rings. The molecule has 2 rings (SSSR count). The molecular weight excluding hydrogens is 265 g/mol. The highest BCUT2D eigenvalue weighted by Crippen LogP contribution is 2.24. The van der Waals surface area contributed by atoms with Crippen LogP contribution in [0.3, 0.4) is 0 Å². The summed E-state index contributed by atoms with van der Waals surface area (Å²) in [5, 5.41) is 0.522. The van der Waals surface area contributed by atoms with Crippen LogP contribution in [0.5, 0.6) is 0 Å². The highest BCUT2D eigenvalue weighted by Gasteiger charge is 2.32. The molecule has 0 aromatic carbocycles. The highest BCUT2D eigenvalue weighted by atomic mass is 35.5. The van der Waals surface area contributed by atoms with E-state index >= 15 is 0 Å². The Labute approximate surface area is 105 Å². The Balaban J connectivity index is 0.000000317. The van der Waals surface area contributed by atoms with E-state index in [1.54, 1.807) is 0 Å². The second-order valence-corrected chi connectivity index (χ2v) is 4.57. The Bertz CT molecular complexity index is 462. The van der Waals surface area contributed by atoms with E-state index in [0.717, 1.165) is 11.7 Å². The fourth-order valence-electron chi connectivity index (χ4n) is 1.72. The molecule has 1 N–H and O–H groups in total. The average Bonchev–Trinajstić information content (AvgIpc) is 2.40. The van der Waals surface area contributed by atoms with Crippen LogP contribution in [0.2, 0.25) is 0 Å². The third kappa shape index (κ3) is 3.49. The molecule has 8 heteroatoms. The first-order valence-corrected chi connectivity index (χ1v) is 6.46. The van der Waals surface area contributed by atoms with Gasteiger partial charge in [0.15, 0.2) is 0 Å². The molecule has 2 aliphatic heterocycles. The van der Waals surface area contributed by atoms with Crippen LogP contribution in [-0.2, 0) is 9.13 Å². The van der Waals surface area contributed by atoms with Gasteiger partial charge in [0.2, 0.25) is 0 Å². The van der Waals surface area contributed by atoms with Gasteiger partial charge in [0, 0.05) is 6.08 Å². The van der Waals surface area contributed by atoms with Gasteiger partial charge in [-0.1, -0.05) is 11.6 Å². The summed E-state index contributed by atoms with van der Waals surface area (Å²) >= 11 is 5.84. The van der Waals surface area contributed by atoms with Crippen LogP contribution in [0, 0.1) is 0 Å². The molecule has 0 aromatic heterocycles. The number of aliphatic imine (C=N–C) groups is 2. The van der Waals surface area contributed by atoms with Gasteiger partial charge in [-0.25, -0.2) is 14.1 Å². The topological polar surface area (TPSA) is 82.3 Å². The fraction of sp³-hybridized carbons (Fsp3) is 0.556. The molecule has 0 aromatic rings. The van der Waals surface area contributed by atoms with Crippen molar-refractivity contribution in [3.8, 4) is 0 Å². The summed E-state index contributed by atoms with van der Waals surface area (Å²) in [5.41, 5.74) is 0. The molecule has 0 amide bonds. The van der Waals surface area contributed by atoms with Crippen LogP contribution in [0.15, 0.2) is 21.2 Å². The molecule has 2 unspecified atom stereocenters. The summed E-state index contributed by atoms with van der Waals surface area (Å²) in [7, 11) is -3.12. The Morgan fingerprint density at radius 1 is 1.47 bits per heavy atom. The van der Waals surface area contributed by atoms with Crippen molar-refractivity contribution >= 4 is 31.2 Å². The van der Waals surface area contributed by atoms with Crippen molar-refractivity contribution in [1.82, 2.24) is 4.90 Å². The smallest absolute Gasteiger partial charge is 0.310 e. The second kappa shape index (κ2) is 5.58. The Morgan fingerprint density at radius 2 is 2.00 bits per heavy atom. The molecule has 94 valence electrons. The van der Waals surface area contributed by atoms with Gasteiger partial charge in [-0.3, -0.25) is 9.89 Å². The third-order valence-electron chi connectivity index (χ3n) is 2.55. The predicted octanol–water partition coefficient (Wildman–Crippen LogP) is 2.06. The molecule has 0 saturated heterocycles. The van der Waals surface area contributed by atoms with Gasteiger partial charge in [-0.15, -0.1) is 0 Å². The number of hydrogen-bond acceptors (Lipinski definition) is 5. The standard InChI is InChI=1S/C9H12ClN3.HO3P/c1-5-6(2)13-7(3)12-8(10)4-9(13)11-5;1-4(2)3/h4-6H,1-3H3;(H,1,2,3). The monoisotopic (exact) mass is 277 g/mol. The first-order chi connectivity index (χ1) is 7.82. The molecule has 0 radical (unpaired) electrons. The molecule has 0 fully saturated rings. The fourth-order valence-corrected chi connectivity index (χ4v) is 1.94. The lowest BCUT2D eigenvalue weighted by Gasteiger charge is -2.27. The Morgan fingerprint density at radius 3 is 2.53 bits per heavy atom. The van der Waals surface area contributed by atoms with E-state index < -0.39 is 7.91 Å². The van der Waals surface area contributed by atoms with Gasteiger partial charge >= 0.3 is 7.91 Å². The lowest BCUT2D eigenvalue weighted by molar-refractivity contribution is 0.434. The summed E-state index contributed by atoms with van der Waals surface area (Å²) in [4.78, 5) is 17.8. The molecular formula is C9H13ClN3O3P. The van der Waals surface area contributed by atoms with Crippen molar-refractivity contribution in [3.05, 3.63) is 11.2 Å². The predicted molar refractivity (Wildman–Crippen MR) is 65.8 cm³/mol. The van der Waals surface area contributed by atoms with Crippen LogP contribution in [0.1, 0.15) is 20.8 Å². The van der Waals surface area contributed by atoms with Crippen LogP contribution in [0.4, 0.5) is 0 Å². The lowest BCUT2D eigenvalue weighted by Crippen LogP contribution is -2.41. The zero-order chi connectivity index (χ0) is 13.2. The third-order valence-corrected chi connectivity index (χ3v) is 2.75. The zero-order valence-corrected chi connectivity index (χ0v) is 11.3. The number of halogens is 1. The summed E-state index contributed by atoms with van der Waals surface area (Å²) in [6.45, 7) is 6.21. The number of nitrogens with zero attached hydrogens (tertiary/aromatic N) is 3. The summed E-state index contributed by atoms with van der Waals surface area (Å²) in [6, 6.07) is 0.707. The average molecular weight is 278 g/mol. The minimum atomic E-state index is -3.12. The van der Waals surface area contributed by atoms with Crippen LogP contribution < -0.4 is 0 Å². The minimum Gasteiger partial charge on any atom is -0.310 e. The minimum absolute atomic E-state index is 0.318. The van der Waals surface area contributed by atoms with Crippen LogP contribution in [-0.4, -0.2) is 33.5 Å². The Hall–Kier alpha value is -0.970. The first-order valence-electron chi connectivity index (χ1n) is 4.95. The summed E-state index contributed by atoms with van der Waals surface area (Å²) in [6.07, 6.45) is 1.81. The SMILES string of the molecule is CC1=NC(Cl)=CC2=NC(C)C(C)N12.O=P(=O)O. The maximum Gasteiger partial charge on any atom is 0.465 e. The summed E-state index contributed by atoms with van der Waals surface area (Å²) < 4.78 is 17.2. The lowest BCUT2D eigenvalue weighted by atomic mass is 10.2. The Kier molecular flexibility index (Phi) is 4.62. The van der Waals surface area contributed by atoms with Gasteiger partial charge in [-0.2, -0.15) is 0 Å².